The third-order valence-electron chi connectivity index (χ3n) is 5.49. The summed E-state index contributed by atoms with van der Waals surface area (Å²) in [5.41, 5.74) is 0.812. The van der Waals surface area contributed by atoms with Crippen LogP contribution in [0.3, 0.4) is 0 Å². The van der Waals surface area contributed by atoms with Crippen molar-refractivity contribution >= 4 is 17.5 Å². The first-order chi connectivity index (χ1) is 12.1. The lowest BCUT2D eigenvalue weighted by Crippen LogP contribution is -2.46. The van der Waals surface area contributed by atoms with Gasteiger partial charge in [0.1, 0.15) is 5.82 Å². The number of carbonyl (C=O) groups excluding carboxylic acids is 1. The summed E-state index contributed by atoms with van der Waals surface area (Å²) in [6.45, 7) is 3.03. The van der Waals surface area contributed by atoms with E-state index in [9.17, 15) is 9.18 Å². The number of carbonyl (C=O) groups is 1. The van der Waals surface area contributed by atoms with E-state index in [4.69, 9.17) is 11.6 Å². The third kappa shape index (κ3) is 5.42. The first-order valence-corrected chi connectivity index (χ1v) is 9.94. The zero-order valence-electron chi connectivity index (χ0n) is 14.8. The fourth-order valence-electron chi connectivity index (χ4n) is 4.18. The van der Waals surface area contributed by atoms with E-state index in [1.807, 2.05) is 0 Å². The minimum atomic E-state index is -0.323. The van der Waals surface area contributed by atoms with Crippen molar-refractivity contribution in [2.24, 2.45) is 11.8 Å². The Morgan fingerprint density at radius 1 is 1.12 bits per heavy atom. The number of nitrogens with zero attached hydrogens (tertiary/aromatic N) is 1. The normalized spacial score (nSPS) is 22.4. The Balaban J connectivity index is 1.47. The van der Waals surface area contributed by atoms with Crippen LogP contribution in [0.2, 0.25) is 5.02 Å². The van der Waals surface area contributed by atoms with Crippen LogP contribution >= 0.6 is 11.6 Å². The monoisotopic (exact) mass is 366 g/mol. The highest BCUT2D eigenvalue weighted by Crippen LogP contribution is 2.27. The number of likely N-dealkylation sites (tertiary alicyclic amines) is 1. The van der Waals surface area contributed by atoms with Gasteiger partial charge in [-0.15, -0.1) is 0 Å². The second kappa shape index (κ2) is 9.00. The summed E-state index contributed by atoms with van der Waals surface area (Å²) in [6, 6.07) is 4.55. The molecule has 0 bridgehead atoms. The van der Waals surface area contributed by atoms with E-state index < -0.39 is 0 Å². The van der Waals surface area contributed by atoms with Crippen molar-refractivity contribution < 1.29 is 9.18 Å². The average molecular weight is 367 g/mol. The Bertz CT molecular complexity index is 569. The van der Waals surface area contributed by atoms with Gasteiger partial charge < -0.3 is 10.2 Å². The zero-order valence-corrected chi connectivity index (χ0v) is 15.5. The maximum Gasteiger partial charge on any atom is 0.226 e. The van der Waals surface area contributed by atoms with Crippen LogP contribution in [0.25, 0.3) is 0 Å². The molecule has 3 nitrogen and oxygen atoms in total. The van der Waals surface area contributed by atoms with Crippen LogP contribution in [0.15, 0.2) is 18.2 Å². The van der Waals surface area contributed by atoms with Gasteiger partial charge in [-0.3, -0.25) is 4.79 Å². The van der Waals surface area contributed by atoms with Crippen LogP contribution in [0.4, 0.5) is 4.39 Å². The molecule has 1 aromatic rings. The van der Waals surface area contributed by atoms with Crippen LogP contribution in [-0.2, 0) is 11.3 Å². The lowest BCUT2D eigenvalue weighted by atomic mass is 9.87. The van der Waals surface area contributed by atoms with Gasteiger partial charge in [0, 0.05) is 31.2 Å². The minimum Gasteiger partial charge on any atom is -0.342 e. The number of hydrogen-bond donors (Lipinski definition) is 1. The van der Waals surface area contributed by atoms with Gasteiger partial charge in [0.2, 0.25) is 5.91 Å². The number of nitrogens with one attached hydrogen (secondary N) is 1. The zero-order chi connectivity index (χ0) is 17.6. The molecular weight excluding hydrogens is 339 g/mol. The molecular formula is C20H28ClFN2O. The second-order valence-corrected chi connectivity index (χ2v) is 7.97. The molecule has 1 saturated carbocycles. The topological polar surface area (TPSA) is 32.3 Å². The molecule has 1 aliphatic heterocycles. The predicted octanol–water partition coefficient (Wildman–Crippen LogP) is 4.39. The molecule has 1 N–H and O–H groups in total. The second-order valence-electron chi connectivity index (χ2n) is 7.54. The minimum absolute atomic E-state index is 0.0429. The highest BCUT2D eigenvalue weighted by Gasteiger charge is 2.30. The van der Waals surface area contributed by atoms with Crippen molar-refractivity contribution in [3.63, 3.8) is 0 Å². The van der Waals surface area contributed by atoms with E-state index in [0.29, 0.717) is 29.9 Å². The van der Waals surface area contributed by atoms with E-state index in [1.54, 1.807) is 6.07 Å². The summed E-state index contributed by atoms with van der Waals surface area (Å²) < 4.78 is 13.4. The standard InChI is InChI=1S/C20H28ClFN2O/c21-18-9-16(10-19(22)11-18)12-23-13-17-7-4-8-24(20(17)25)14-15-5-2-1-3-6-15/h9-11,15,17,23H,1-8,12-14H2. The van der Waals surface area contributed by atoms with Crippen molar-refractivity contribution in [1.29, 1.82) is 0 Å². The molecule has 25 heavy (non-hydrogen) atoms. The van der Waals surface area contributed by atoms with Crippen LogP contribution in [0.5, 0.6) is 0 Å². The smallest absolute Gasteiger partial charge is 0.226 e. The lowest BCUT2D eigenvalue weighted by molar-refractivity contribution is -0.139. The molecule has 1 amide bonds. The largest absolute Gasteiger partial charge is 0.342 e. The van der Waals surface area contributed by atoms with Gasteiger partial charge in [-0.1, -0.05) is 30.9 Å². The van der Waals surface area contributed by atoms with Crippen molar-refractivity contribution in [2.75, 3.05) is 19.6 Å². The molecule has 1 atom stereocenters. The van der Waals surface area contributed by atoms with E-state index in [0.717, 1.165) is 31.5 Å². The number of piperidine rings is 1. The summed E-state index contributed by atoms with van der Waals surface area (Å²) in [5.74, 6) is 0.707. The van der Waals surface area contributed by atoms with Crippen LogP contribution in [0.1, 0.15) is 50.5 Å². The molecule has 1 unspecified atom stereocenters. The first kappa shape index (κ1) is 18.7. The van der Waals surface area contributed by atoms with Gasteiger partial charge >= 0.3 is 0 Å². The number of hydrogen-bond acceptors (Lipinski definition) is 2. The van der Waals surface area contributed by atoms with Gasteiger partial charge in [-0.2, -0.15) is 0 Å². The molecule has 1 heterocycles. The molecule has 0 spiro atoms. The van der Waals surface area contributed by atoms with Crippen molar-refractivity contribution in [3.8, 4) is 0 Å². The summed E-state index contributed by atoms with van der Waals surface area (Å²) >= 11 is 5.88. The molecule has 1 aliphatic carbocycles. The molecule has 138 valence electrons. The quantitative estimate of drug-likeness (QED) is 0.809. The van der Waals surface area contributed by atoms with Gasteiger partial charge in [0.15, 0.2) is 0 Å². The molecule has 2 fully saturated rings. The molecule has 0 aromatic heterocycles. The average Bonchev–Trinajstić information content (AvgIpc) is 2.58. The Morgan fingerprint density at radius 2 is 1.92 bits per heavy atom. The summed E-state index contributed by atoms with van der Waals surface area (Å²) in [4.78, 5) is 14.8. The third-order valence-corrected chi connectivity index (χ3v) is 5.71. The Labute approximate surface area is 154 Å². The SMILES string of the molecule is O=C1C(CNCc2cc(F)cc(Cl)c2)CCCN1CC1CCCCC1. The van der Waals surface area contributed by atoms with Crippen LogP contribution < -0.4 is 5.32 Å². The molecule has 0 radical (unpaired) electrons. The van der Waals surface area contributed by atoms with E-state index in [2.05, 4.69) is 10.2 Å². The van der Waals surface area contributed by atoms with Gasteiger partial charge in [-0.05, 0) is 55.4 Å². The Kier molecular flexibility index (Phi) is 6.71. The Hall–Kier alpha value is -1.13. The Morgan fingerprint density at radius 3 is 2.68 bits per heavy atom. The molecule has 1 saturated heterocycles. The highest BCUT2D eigenvalue weighted by atomic mass is 35.5. The summed E-state index contributed by atoms with van der Waals surface area (Å²) in [5, 5.41) is 3.71. The molecule has 2 aliphatic rings. The van der Waals surface area contributed by atoms with Gasteiger partial charge in [-0.25, -0.2) is 4.39 Å². The van der Waals surface area contributed by atoms with E-state index in [1.165, 1.54) is 44.2 Å². The number of rotatable bonds is 6. The fourth-order valence-corrected chi connectivity index (χ4v) is 4.42. The van der Waals surface area contributed by atoms with E-state index >= 15 is 0 Å². The summed E-state index contributed by atoms with van der Waals surface area (Å²) in [7, 11) is 0. The predicted molar refractivity (Wildman–Crippen MR) is 99.0 cm³/mol. The van der Waals surface area contributed by atoms with Crippen molar-refractivity contribution in [3.05, 3.63) is 34.6 Å². The number of halogens is 2. The molecule has 5 heteroatoms. The van der Waals surface area contributed by atoms with E-state index in [-0.39, 0.29) is 11.7 Å². The highest BCUT2D eigenvalue weighted by molar-refractivity contribution is 6.30. The fraction of sp³-hybridized carbons (Fsp3) is 0.650. The maximum atomic E-state index is 13.4. The summed E-state index contributed by atoms with van der Waals surface area (Å²) in [6.07, 6.45) is 8.54. The van der Waals surface area contributed by atoms with Crippen molar-refractivity contribution in [1.82, 2.24) is 10.2 Å². The van der Waals surface area contributed by atoms with Gasteiger partial charge in [0.05, 0.1) is 5.92 Å². The maximum absolute atomic E-state index is 13.4. The molecule has 1 aromatic carbocycles. The van der Waals surface area contributed by atoms with Crippen molar-refractivity contribution in [2.45, 2.75) is 51.5 Å². The van der Waals surface area contributed by atoms with Crippen LogP contribution in [0, 0.1) is 17.7 Å². The number of amides is 1. The lowest BCUT2D eigenvalue weighted by Gasteiger charge is -2.36. The van der Waals surface area contributed by atoms with Gasteiger partial charge in [0.25, 0.3) is 0 Å². The van der Waals surface area contributed by atoms with Crippen LogP contribution in [-0.4, -0.2) is 30.4 Å². The first-order valence-electron chi connectivity index (χ1n) is 9.56. The molecule has 3 rings (SSSR count). The number of benzene rings is 1.